The van der Waals surface area contributed by atoms with Crippen molar-refractivity contribution in [3.8, 4) is 0 Å². The molecule has 0 aromatic heterocycles. The Kier molecular flexibility index (Phi) is 3.95. The van der Waals surface area contributed by atoms with Crippen molar-refractivity contribution in [3.05, 3.63) is 0 Å². The van der Waals surface area contributed by atoms with Crippen molar-refractivity contribution in [2.24, 2.45) is 0 Å². The predicted octanol–water partition coefficient (Wildman–Crippen LogP) is 2.74. The molecule has 0 aromatic rings. The van der Waals surface area contributed by atoms with Gasteiger partial charge in [-0.1, -0.05) is 19.6 Å². The van der Waals surface area contributed by atoms with Crippen LogP contribution in [0.25, 0.3) is 0 Å². The maximum Gasteiger partial charge on any atom is 0.303 e. The first-order valence-electron chi connectivity index (χ1n) is 5.69. The van der Waals surface area contributed by atoms with Gasteiger partial charge in [-0.15, -0.1) is 0 Å². The Balaban J connectivity index is 2.58. The lowest BCUT2D eigenvalue weighted by atomic mass is 9.96. The minimum absolute atomic E-state index is 0.108. The monoisotopic (exact) mass is 230 g/mol. The third-order valence-electron chi connectivity index (χ3n) is 2.83. The number of carboxylic acids is 1. The van der Waals surface area contributed by atoms with E-state index >= 15 is 0 Å². The first-order valence-corrected chi connectivity index (χ1v) is 9.40. The predicted molar refractivity (Wildman–Crippen MR) is 62.9 cm³/mol. The molecule has 0 bridgehead atoms. The minimum Gasteiger partial charge on any atom is -0.481 e. The number of carboxylic acid groups (broad SMARTS) is 1. The smallest absolute Gasteiger partial charge is 0.303 e. The van der Waals surface area contributed by atoms with E-state index in [1.807, 2.05) is 0 Å². The summed E-state index contributed by atoms with van der Waals surface area (Å²) in [5, 5.41) is 8.74. The third-order valence-corrected chi connectivity index (χ3v) is 4.54. The van der Waals surface area contributed by atoms with Crippen molar-refractivity contribution >= 4 is 14.0 Å². The highest BCUT2D eigenvalue weighted by atomic mass is 28.3. The average Bonchev–Trinajstić information content (AvgIpc) is 2.47. The Morgan fingerprint density at radius 1 is 1.47 bits per heavy atom. The van der Waals surface area contributed by atoms with Crippen LogP contribution in [0.1, 0.15) is 25.7 Å². The van der Waals surface area contributed by atoms with Gasteiger partial charge < -0.3 is 9.84 Å². The van der Waals surface area contributed by atoms with Crippen molar-refractivity contribution in [1.29, 1.82) is 0 Å². The normalized spacial score (nSPS) is 26.9. The molecule has 0 aromatic carbocycles. The van der Waals surface area contributed by atoms with Crippen molar-refractivity contribution in [3.63, 3.8) is 0 Å². The van der Waals surface area contributed by atoms with Gasteiger partial charge in [0.25, 0.3) is 0 Å². The molecule has 1 N–H and O–H groups in total. The van der Waals surface area contributed by atoms with Gasteiger partial charge >= 0.3 is 5.97 Å². The highest BCUT2D eigenvalue weighted by molar-refractivity contribution is 6.76. The van der Waals surface area contributed by atoms with E-state index in [1.165, 1.54) is 0 Å². The van der Waals surface area contributed by atoms with Crippen molar-refractivity contribution in [2.75, 3.05) is 6.61 Å². The Bertz CT molecular complexity index is 226. The van der Waals surface area contributed by atoms with Crippen LogP contribution in [0.4, 0.5) is 0 Å². The van der Waals surface area contributed by atoms with Gasteiger partial charge in [-0.3, -0.25) is 4.79 Å². The van der Waals surface area contributed by atoms with Crippen molar-refractivity contribution < 1.29 is 14.6 Å². The number of hydrogen-bond acceptors (Lipinski definition) is 2. The van der Waals surface area contributed by atoms with E-state index in [0.717, 1.165) is 25.5 Å². The number of carbonyl (C=O) groups is 1. The second-order valence-corrected chi connectivity index (χ2v) is 11.2. The maximum absolute atomic E-state index is 10.6. The van der Waals surface area contributed by atoms with Crippen LogP contribution in [-0.4, -0.2) is 31.4 Å². The second kappa shape index (κ2) is 4.66. The quantitative estimate of drug-likeness (QED) is 0.739. The van der Waals surface area contributed by atoms with Crippen LogP contribution in [0.5, 0.6) is 0 Å². The molecule has 15 heavy (non-hydrogen) atoms. The van der Waals surface area contributed by atoms with Crippen LogP contribution in [0.3, 0.4) is 0 Å². The lowest BCUT2D eigenvalue weighted by molar-refractivity contribution is -0.138. The minimum atomic E-state index is -1.18. The SMILES string of the molecule is C[Si](C)(C)CC1(CCC(=O)O)CCCO1. The molecule has 1 unspecified atom stereocenters. The van der Waals surface area contributed by atoms with E-state index in [1.54, 1.807) is 0 Å². The zero-order chi connectivity index (χ0) is 11.5. The van der Waals surface area contributed by atoms with Crippen LogP contribution >= 0.6 is 0 Å². The standard InChI is InChI=1S/C11H22O3Si/c1-15(2,3)9-11(6-4-8-14-11)7-5-10(12)13/h4-9H2,1-3H3,(H,12,13). The van der Waals surface area contributed by atoms with Gasteiger partial charge in [0, 0.05) is 21.1 Å². The number of rotatable bonds is 5. The fourth-order valence-electron chi connectivity index (χ4n) is 2.48. The van der Waals surface area contributed by atoms with E-state index < -0.39 is 14.0 Å². The van der Waals surface area contributed by atoms with Crippen LogP contribution < -0.4 is 0 Å². The topological polar surface area (TPSA) is 46.5 Å². The fraction of sp³-hybridized carbons (Fsp3) is 0.909. The molecule has 0 aliphatic carbocycles. The Morgan fingerprint density at radius 3 is 2.53 bits per heavy atom. The summed E-state index contributed by atoms with van der Waals surface area (Å²) < 4.78 is 5.84. The second-order valence-electron chi connectivity index (χ2n) is 5.77. The maximum atomic E-state index is 10.6. The Labute approximate surface area is 92.8 Å². The molecule has 1 atom stereocenters. The molecule has 0 saturated carbocycles. The molecule has 1 aliphatic rings. The van der Waals surface area contributed by atoms with Crippen molar-refractivity contribution in [1.82, 2.24) is 0 Å². The van der Waals surface area contributed by atoms with Gasteiger partial charge in [-0.2, -0.15) is 0 Å². The van der Waals surface area contributed by atoms with Crippen LogP contribution in [0.15, 0.2) is 0 Å². The van der Waals surface area contributed by atoms with Crippen molar-refractivity contribution in [2.45, 2.75) is 57.0 Å². The van der Waals surface area contributed by atoms with Gasteiger partial charge in [0.2, 0.25) is 0 Å². The summed E-state index contributed by atoms with van der Waals surface area (Å²) >= 11 is 0. The van der Waals surface area contributed by atoms with Gasteiger partial charge in [-0.25, -0.2) is 0 Å². The molecule has 88 valence electrons. The zero-order valence-electron chi connectivity index (χ0n) is 10.0. The molecule has 4 heteroatoms. The van der Waals surface area contributed by atoms with Crippen LogP contribution in [0.2, 0.25) is 25.7 Å². The molecule has 0 radical (unpaired) electrons. The molecule has 3 nitrogen and oxygen atoms in total. The zero-order valence-corrected chi connectivity index (χ0v) is 11.0. The summed E-state index contributed by atoms with van der Waals surface area (Å²) in [5.74, 6) is -0.708. The molecule has 1 heterocycles. The summed E-state index contributed by atoms with van der Waals surface area (Å²) in [5.41, 5.74) is -0.108. The summed E-state index contributed by atoms with van der Waals surface area (Å²) in [6, 6.07) is 1.09. The van der Waals surface area contributed by atoms with E-state index in [4.69, 9.17) is 9.84 Å². The number of ether oxygens (including phenoxy) is 1. The van der Waals surface area contributed by atoms with Gasteiger partial charge in [0.1, 0.15) is 0 Å². The Hall–Kier alpha value is -0.353. The highest BCUT2D eigenvalue weighted by Gasteiger charge is 2.39. The molecule has 1 rings (SSSR count). The van der Waals surface area contributed by atoms with Gasteiger partial charge in [0.05, 0.1) is 5.60 Å². The fourth-order valence-corrected chi connectivity index (χ4v) is 4.87. The molecule has 0 amide bonds. The number of hydrogen-bond donors (Lipinski definition) is 1. The van der Waals surface area contributed by atoms with Gasteiger partial charge in [0.15, 0.2) is 0 Å². The van der Waals surface area contributed by atoms with E-state index in [2.05, 4.69) is 19.6 Å². The summed E-state index contributed by atoms with van der Waals surface area (Å²) in [7, 11) is -1.18. The van der Waals surface area contributed by atoms with E-state index in [9.17, 15) is 4.79 Å². The summed E-state index contributed by atoms with van der Waals surface area (Å²) in [6.45, 7) is 7.76. The first kappa shape index (κ1) is 12.7. The first-order chi connectivity index (χ1) is 6.83. The third kappa shape index (κ3) is 4.34. The lowest BCUT2D eigenvalue weighted by Crippen LogP contribution is -2.38. The summed E-state index contributed by atoms with van der Waals surface area (Å²) in [6.07, 6.45) is 3.06. The van der Waals surface area contributed by atoms with Gasteiger partial charge in [-0.05, 0) is 25.3 Å². The molecule has 0 spiro atoms. The highest BCUT2D eigenvalue weighted by Crippen LogP contribution is 2.37. The van der Waals surface area contributed by atoms with E-state index in [-0.39, 0.29) is 12.0 Å². The molecular weight excluding hydrogens is 208 g/mol. The van der Waals surface area contributed by atoms with Crippen LogP contribution in [0, 0.1) is 0 Å². The molecule has 1 saturated heterocycles. The largest absolute Gasteiger partial charge is 0.481 e. The van der Waals surface area contributed by atoms with Crippen LogP contribution in [-0.2, 0) is 9.53 Å². The lowest BCUT2D eigenvalue weighted by Gasteiger charge is -2.33. The van der Waals surface area contributed by atoms with E-state index in [0.29, 0.717) is 6.42 Å². The Morgan fingerprint density at radius 2 is 2.13 bits per heavy atom. The average molecular weight is 230 g/mol. The molecule has 1 fully saturated rings. The summed E-state index contributed by atoms with van der Waals surface area (Å²) in [4.78, 5) is 10.6. The molecular formula is C11H22O3Si. The molecule has 1 aliphatic heterocycles. The number of aliphatic carboxylic acids is 1.